The van der Waals surface area contributed by atoms with Crippen LogP contribution in [0.5, 0.6) is 11.5 Å². The molecule has 0 aliphatic rings. The van der Waals surface area contributed by atoms with Crippen LogP contribution in [-0.2, 0) is 0 Å². The molecule has 0 fully saturated rings. The first-order valence-electron chi connectivity index (χ1n) is 6.51. The lowest BCUT2D eigenvalue weighted by atomic mass is 10.0. The summed E-state index contributed by atoms with van der Waals surface area (Å²) in [7, 11) is 5.22. The maximum Gasteiger partial charge on any atom is 0.127 e. The number of aryl methyl sites for hydroxylation is 1. The molecule has 1 N–H and O–H groups in total. The summed E-state index contributed by atoms with van der Waals surface area (Å²) in [6.45, 7) is 2.06. The van der Waals surface area contributed by atoms with Crippen molar-refractivity contribution >= 4 is 0 Å². The minimum atomic E-state index is -0.0178. The molecular weight excluding hydrogens is 252 g/mol. The number of methoxy groups -OCH3 is 2. The Bertz CT molecular complexity index is 584. The van der Waals surface area contributed by atoms with Crippen LogP contribution in [0.15, 0.2) is 36.5 Å². The Morgan fingerprint density at radius 1 is 1.10 bits per heavy atom. The number of pyridine rings is 1. The number of aromatic nitrogens is 1. The highest BCUT2D eigenvalue weighted by atomic mass is 16.5. The van der Waals surface area contributed by atoms with E-state index in [1.807, 2.05) is 37.5 Å². The Kier molecular flexibility index (Phi) is 4.58. The first kappa shape index (κ1) is 14.3. The average molecular weight is 272 g/mol. The van der Waals surface area contributed by atoms with E-state index in [1.165, 1.54) is 5.56 Å². The van der Waals surface area contributed by atoms with Crippen molar-refractivity contribution in [2.45, 2.75) is 13.0 Å². The van der Waals surface area contributed by atoms with E-state index in [0.29, 0.717) is 0 Å². The lowest BCUT2D eigenvalue weighted by molar-refractivity contribution is 0.388. The van der Waals surface area contributed by atoms with E-state index < -0.39 is 0 Å². The molecule has 0 saturated carbocycles. The number of benzene rings is 1. The van der Waals surface area contributed by atoms with E-state index in [2.05, 4.69) is 23.3 Å². The van der Waals surface area contributed by atoms with Crippen LogP contribution >= 0.6 is 0 Å². The van der Waals surface area contributed by atoms with Gasteiger partial charge < -0.3 is 14.8 Å². The third-order valence-corrected chi connectivity index (χ3v) is 3.27. The van der Waals surface area contributed by atoms with Gasteiger partial charge in [-0.15, -0.1) is 0 Å². The third kappa shape index (κ3) is 2.91. The molecule has 0 spiro atoms. The van der Waals surface area contributed by atoms with Gasteiger partial charge >= 0.3 is 0 Å². The molecule has 0 saturated heterocycles. The predicted molar refractivity (Wildman–Crippen MR) is 79.4 cm³/mol. The van der Waals surface area contributed by atoms with Crippen LogP contribution in [0.2, 0.25) is 0 Å². The molecule has 1 aromatic carbocycles. The standard InChI is InChI=1S/C16H20N2O2/c1-11-7-8-18-14(9-11)16(17-2)13-6-5-12(19-3)10-15(13)20-4/h5-10,16-17H,1-4H3. The van der Waals surface area contributed by atoms with Crippen molar-refractivity contribution in [2.75, 3.05) is 21.3 Å². The first-order valence-corrected chi connectivity index (χ1v) is 6.51. The molecule has 1 unspecified atom stereocenters. The highest BCUT2D eigenvalue weighted by Crippen LogP contribution is 2.32. The Hall–Kier alpha value is -2.07. The summed E-state index contributed by atoms with van der Waals surface area (Å²) < 4.78 is 10.7. The number of nitrogens with one attached hydrogen (secondary N) is 1. The van der Waals surface area contributed by atoms with Gasteiger partial charge in [0.15, 0.2) is 0 Å². The van der Waals surface area contributed by atoms with Crippen LogP contribution in [0.25, 0.3) is 0 Å². The summed E-state index contributed by atoms with van der Waals surface area (Å²) in [5.74, 6) is 1.56. The van der Waals surface area contributed by atoms with E-state index in [4.69, 9.17) is 9.47 Å². The topological polar surface area (TPSA) is 43.4 Å². The minimum absolute atomic E-state index is 0.0178. The molecule has 4 nitrogen and oxygen atoms in total. The number of hydrogen-bond donors (Lipinski definition) is 1. The van der Waals surface area contributed by atoms with Gasteiger partial charge in [0.25, 0.3) is 0 Å². The molecule has 2 aromatic rings. The number of ether oxygens (including phenoxy) is 2. The fourth-order valence-electron chi connectivity index (χ4n) is 2.24. The average Bonchev–Trinajstić information content (AvgIpc) is 2.48. The zero-order valence-corrected chi connectivity index (χ0v) is 12.3. The van der Waals surface area contributed by atoms with E-state index in [9.17, 15) is 0 Å². The van der Waals surface area contributed by atoms with Gasteiger partial charge in [0.05, 0.1) is 26.0 Å². The molecule has 1 heterocycles. The second kappa shape index (κ2) is 6.39. The molecule has 1 atom stereocenters. The lowest BCUT2D eigenvalue weighted by Gasteiger charge is -2.20. The normalized spacial score (nSPS) is 12.0. The van der Waals surface area contributed by atoms with Crippen LogP contribution < -0.4 is 14.8 Å². The van der Waals surface area contributed by atoms with Gasteiger partial charge in [-0.25, -0.2) is 0 Å². The lowest BCUT2D eigenvalue weighted by Crippen LogP contribution is -2.19. The zero-order valence-electron chi connectivity index (χ0n) is 12.3. The molecule has 20 heavy (non-hydrogen) atoms. The molecule has 1 aromatic heterocycles. The highest BCUT2D eigenvalue weighted by molar-refractivity contribution is 5.45. The fourth-order valence-corrected chi connectivity index (χ4v) is 2.24. The SMILES string of the molecule is CNC(c1cc(C)ccn1)c1ccc(OC)cc1OC. The molecule has 0 radical (unpaired) electrons. The van der Waals surface area contributed by atoms with Crippen molar-refractivity contribution in [1.82, 2.24) is 10.3 Å². The molecule has 0 amide bonds. The van der Waals surface area contributed by atoms with Crippen molar-refractivity contribution in [2.24, 2.45) is 0 Å². The Labute approximate surface area is 119 Å². The summed E-state index contributed by atoms with van der Waals surface area (Å²) >= 11 is 0. The summed E-state index contributed by atoms with van der Waals surface area (Å²) in [5.41, 5.74) is 3.19. The fraction of sp³-hybridized carbons (Fsp3) is 0.312. The van der Waals surface area contributed by atoms with Gasteiger partial charge in [-0.2, -0.15) is 0 Å². The van der Waals surface area contributed by atoms with Crippen molar-refractivity contribution in [3.05, 3.63) is 53.3 Å². The molecule has 106 valence electrons. The first-order chi connectivity index (χ1) is 9.69. The quantitative estimate of drug-likeness (QED) is 0.909. The van der Waals surface area contributed by atoms with Crippen LogP contribution in [0.3, 0.4) is 0 Å². The molecule has 0 bridgehead atoms. The van der Waals surface area contributed by atoms with E-state index in [-0.39, 0.29) is 6.04 Å². The summed E-state index contributed by atoms with van der Waals surface area (Å²) in [6, 6.07) is 9.86. The largest absolute Gasteiger partial charge is 0.497 e. The van der Waals surface area contributed by atoms with Gasteiger partial charge in [0, 0.05) is 17.8 Å². The molecule has 2 rings (SSSR count). The van der Waals surface area contributed by atoms with E-state index in [0.717, 1.165) is 22.8 Å². The van der Waals surface area contributed by atoms with Gasteiger partial charge in [-0.1, -0.05) is 0 Å². The van der Waals surface area contributed by atoms with Gasteiger partial charge in [-0.3, -0.25) is 4.98 Å². The van der Waals surface area contributed by atoms with Crippen LogP contribution in [0.4, 0.5) is 0 Å². The highest BCUT2D eigenvalue weighted by Gasteiger charge is 2.18. The Morgan fingerprint density at radius 2 is 1.90 bits per heavy atom. The molecule has 0 aliphatic heterocycles. The maximum atomic E-state index is 5.47. The Balaban J connectivity index is 2.46. The van der Waals surface area contributed by atoms with Crippen LogP contribution in [-0.4, -0.2) is 26.3 Å². The number of hydrogen-bond acceptors (Lipinski definition) is 4. The van der Waals surface area contributed by atoms with Crippen molar-refractivity contribution in [1.29, 1.82) is 0 Å². The Morgan fingerprint density at radius 3 is 2.50 bits per heavy atom. The number of nitrogens with zero attached hydrogens (tertiary/aromatic N) is 1. The summed E-state index contributed by atoms with van der Waals surface area (Å²) in [6.07, 6.45) is 1.82. The summed E-state index contributed by atoms with van der Waals surface area (Å²) in [4.78, 5) is 4.46. The third-order valence-electron chi connectivity index (χ3n) is 3.27. The number of rotatable bonds is 5. The van der Waals surface area contributed by atoms with Crippen molar-refractivity contribution in [3.8, 4) is 11.5 Å². The minimum Gasteiger partial charge on any atom is -0.497 e. The van der Waals surface area contributed by atoms with Crippen LogP contribution in [0.1, 0.15) is 22.9 Å². The van der Waals surface area contributed by atoms with E-state index in [1.54, 1.807) is 14.2 Å². The monoisotopic (exact) mass is 272 g/mol. The molecule has 0 aliphatic carbocycles. The second-order valence-electron chi connectivity index (χ2n) is 4.59. The smallest absolute Gasteiger partial charge is 0.127 e. The molecule has 4 heteroatoms. The maximum absolute atomic E-state index is 5.47. The van der Waals surface area contributed by atoms with Crippen molar-refractivity contribution < 1.29 is 9.47 Å². The van der Waals surface area contributed by atoms with Gasteiger partial charge in [0.1, 0.15) is 11.5 Å². The van der Waals surface area contributed by atoms with E-state index >= 15 is 0 Å². The van der Waals surface area contributed by atoms with Crippen LogP contribution in [0, 0.1) is 6.92 Å². The predicted octanol–water partition coefficient (Wildman–Crippen LogP) is 2.72. The van der Waals surface area contributed by atoms with Gasteiger partial charge in [-0.05, 0) is 43.8 Å². The molecular formula is C16H20N2O2. The summed E-state index contributed by atoms with van der Waals surface area (Å²) in [5, 5.41) is 3.29. The second-order valence-corrected chi connectivity index (χ2v) is 4.59. The van der Waals surface area contributed by atoms with Gasteiger partial charge in [0.2, 0.25) is 0 Å². The van der Waals surface area contributed by atoms with Crippen molar-refractivity contribution in [3.63, 3.8) is 0 Å². The zero-order chi connectivity index (χ0) is 14.5.